The van der Waals surface area contributed by atoms with E-state index in [2.05, 4.69) is 23.7 Å². The lowest BCUT2D eigenvalue weighted by Crippen LogP contribution is -2.45. The molecule has 0 aliphatic carbocycles. The van der Waals surface area contributed by atoms with E-state index in [1.54, 1.807) is 6.20 Å². The molecule has 16 heavy (non-hydrogen) atoms. The lowest BCUT2D eigenvalue weighted by molar-refractivity contribution is -0.0707. The maximum absolute atomic E-state index is 5.89. The number of ether oxygens (including phenoxy) is 1. The van der Waals surface area contributed by atoms with E-state index in [4.69, 9.17) is 10.5 Å². The number of pyridine rings is 1. The van der Waals surface area contributed by atoms with Crippen molar-refractivity contribution in [3.05, 3.63) is 24.0 Å². The molecule has 0 saturated carbocycles. The summed E-state index contributed by atoms with van der Waals surface area (Å²) in [4.78, 5) is 6.66. The number of hydrogen-bond donors (Lipinski definition) is 1. The molecule has 0 radical (unpaired) electrons. The molecule has 2 atom stereocenters. The van der Waals surface area contributed by atoms with Gasteiger partial charge in [-0.3, -0.25) is 9.88 Å². The monoisotopic (exact) mass is 221 g/mol. The van der Waals surface area contributed by atoms with Crippen molar-refractivity contribution in [2.24, 2.45) is 0 Å². The molecule has 2 rings (SSSR count). The van der Waals surface area contributed by atoms with Crippen LogP contribution in [0.2, 0.25) is 0 Å². The summed E-state index contributed by atoms with van der Waals surface area (Å²) in [5, 5.41) is 0. The van der Waals surface area contributed by atoms with Gasteiger partial charge in [-0.15, -0.1) is 0 Å². The Kier molecular flexibility index (Phi) is 3.41. The molecule has 0 aromatic carbocycles. The van der Waals surface area contributed by atoms with Crippen LogP contribution in [0.4, 0.5) is 5.69 Å². The van der Waals surface area contributed by atoms with Crippen molar-refractivity contribution in [2.75, 3.05) is 18.8 Å². The number of nitrogens with zero attached hydrogens (tertiary/aromatic N) is 2. The Morgan fingerprint density at radius 3 is 2.75 bits per heavy atom. The summed E-state index contributed by atoms with van der Waals surface area (Å²) in [6.45, 7) is 6.90. The van der Waals surface area contributed by atoms with Crippen LogP contribution in [0.5, 0.6) is 0 Å². The van der Waals surface area contributed by atoms with Gasteiger partial charge in [0, 0.05) is 25.8 Å². The maximum atomic E-state index is 5.89. The van der Waals surface area contributed by atoms with Crippen LogP contribution < -0.4 is 5.73 Å². The highest BCUT2D eigenvalue weighted by Crippen LogP contribution is 2.15. The van der Waals surface area contributed by atoms with E-state index in [1.807, 2.05) is 12.1 Å². The standard InChI is InChI=1S/C12H19N3O/c1-9-6-15(7-10(2)16-9)8-12-11(13)4-3-5-14-12/h3-5,9-10H,6-8,13H2,1-2H3/t9-,10+. The smallest absolute Gasteiger partial charge is 0.0772 e. The molecule has 1 aliphatic heterocycles. The lowest BCUT2D eigenvalue weighted by atomic mass is 10.2. The van der Waals surface area contributed by atoms with E-state index in [0.717, 1.165) is 31.0 Å². The highest BCUT2D eigenvalue weighted by molar-refractivity contribution is 5.41. The first-order chi connectivity index (χ1) is 7.65. The highest BCUT2D eigenvalue weighted by atomic mass is 16.5. The van der Waals surface area contributed by atoms with Gasteiger partial charge in [0.1, 0.15) is 0 Å². The van der Waals surface area contributed by atoms with Gasteiger partial charge < -0.3 is 10.5 Å². The Hall–Kier alpha value is -1.13. The van der Waals surface area contributed by atoms with Crippen molar-refractivity contribution in [2.45, 2.75) is 32.6 Å². The molecule has 2 N–H and O–H groups in total. The maximum Gasteiger partial charge on any atom is 0.0772 e. The average Bonchev–Trinajstić information content (AvgIpc) is 2.20. The van der Waals surface area contributed by atoms with Crippen LogP contribution >= 0.6 is 0 Å². The summed E-state index contributed by atoms with van der Waals surface area (Å²) >= 11 is 0. The number of anilines is 1. The van der Waals surface area contributed by atoms with Crippen molar-refractivity contribution >= 4 is 5.69 Å². The van der Waals surface area contributed by atoms with Gasteiger partial charge in [-0.2, -0.15) is 0 Å². The van der Waals surface area contributed by atoms with Crippen molar-refractivity contribution in [1.82, 2.24) is 9.88 Å². The second-order valence-electron chi connectivity index (χ2n) is 4.49. The third kappa shape index (κ3) is 2.71. The molecule has 1 aromatic rings. The molecule has 0 spiro atoms. The first-order valence-corrected chi connectivity index (χ1v) is 5.72. The molecule has 1 aromatic heterocycles. The number of rotatable bonds is 2. The molecule has 1 aliphatic rings. The molecule has 1 saturated heterocycles. The van der Waals surface area contributed by atoms with E-state index in [-0.39, 0.29) is 12.2 Å². The van der Waals surface area contributed by atoms with Crippen molar-refractivity contribution in [1.29, 1.82) is 0 Å². The molecule has 4 nitrogen and oxygen atoms in total. The first-order valence-electron chi connectivity index (χ1n) is 5.72. The second-order valence-corrected chi connectivity index (χ2v) is 4.49. The van der Waals surface area contributed by atoms with Crippen LogP contribution in [-0.2, 0) is 11.3 Å². The van der Waals surface area contributed by atoms with Crippen LogP contribution in [0.1, 0.15) is 19.5 Å². The summed E-state index contributed by atoms with van der Waals surface area (Å²) in [7, 11) is 0. The van der Waals surface area contributed by atoms with Gasteiger partial charge in [0.2, 0.25) is 0 Å². The van der Waals surface area contributed by atoms with E-state index in [0.29, 0.717) is 0 Å². The number of morpholine rings is 1. The Morgan fingerprint density at radius 2 is 2.12 bits per heavy atom. The predicted molar refractivity (Wildman–Crippen MR) is 63.9 cm³/mol. The van der Waals surface area contributed by atoms with E-state index in [1.165, 1.54) is 0 Å². The molecule has 1 fully saturated rings. The molecule has 0 amide bonds. The number of hydrogen-bond acceptors (Lipinski definition) is 4. The molecule has 0 unspecified atom stereocenters. The third-order valence-electron chi connectivity index (χ3n) is 2.79. The Labute approximate surface area is 96.4 Å². The SMILES string of the molecule is C[C@@H]1CN(Cc2ncccc2N)C[C@H](C)O1. The molecular formula is C12H19N3O. The topological polar surface area (TPSA) is 51.4 Å². The summed E-state index contributed by atoms with van der Waals surface area (Å²) in [6, 6.07) is 3.76. The van der Waals surface area contributed by atoms with Crippen LogP contribution in [0, 0.1) is 0 Å². The molecular weight excluding hydrogens is 202 g/mol. The fourth-order valence-corrected chi connectivity index (χ4v) is 2.21. The van der Waals surface area contributed by atoms with Crippen LogP contribution in [-0.4, -0.2) is 35.2 Å². The average molecular weight is 221 g/mol. The highest BCUT2D eigenvalue weighted by Gasteiger charge is 2.22. The van der Waals surface area contributed by atoms with Crippen LogP contribution in [0.3, 0.4) is 0 Å². The molecule has 0 bridgehead atoms. The summed E-state index contributed by atoms with van der Waals surface area (Å²) in [6.07, 6.45) is 2.36. The molecule has 2 heterocycles. The van der Waals surface area contributed by atoms with Crippen molar-refractivity contribution in [3.63, 3.8) is 0 Å². The Balaban J connectivity index is 2.02. The lowest BCUT2D eigenvalue weighted by Gasteiger charge is -2.35. The molecule has 88 valence electrons. The van der Waals surface area contributed by atoms with Crippen molar-refractivity contribution in [3.8, 4) is 0 Å². The summed E-state index contributed by atoms with van der Waals surface area (Å²) in [5.74, 6) is 0. The largest absolute Gasteiger partial charge is 0.397 e. The molecule has 4 heteroatoms. The first kappa shape index (κ1) is 11.4. The second kappa shape index (κ2) is 4.80. The number of nitrogens with two attached hydrogens (primary N) is 1. The minimum Gasteiger partial charge on any atom is -0.397 e. The quantitative estimate of drug-likeness (QED) is 0.817. The van der Waals surface area contributed by atoms with Crippen LogP contribution in [0.15, 0.2) is 18.3 Å². The zero-order chi connectivity index (χ0) is 11.5. The fourth-order valence-electron chi connectivity index (χ4n) is 2.21. The summed E-state index contributed by atoms with van der Waals surface area (Å²) in [5.41, 5.74) is 7.62. The van der Waals surface area contributed by atoms with Crippen molar-refractivity contribution < 1.29 is 4.74 Å². The minimum absolute atomic E-state index is 0.286. The van der Waals surface area contributed by atoms with E-state index in [9.17, 15) is 0 Å². The van der Waals surface area contributed by atoms with Gasteiger partial charge in [-0.1, -0.05) is 0 Å². The van der Waals surface area contributed by atoms with Gasteiger partial charge in [-0.05, 0) is 26.0 Å². The Bertz CT molecular complexity index is 346. The third-order valence-corrected chi connectivity index (χ3v) is 2.79. The summed E-state index contributed by atoms with van der Waals surface area (Å²) < 4.78 is 5.69. The predicted octanol–water partition coefficient (Wildman–Crippen LogP) is 1.27. The fraction of sp³-hybridized carbons (Fsp3) is 0.583. The zero-order valence-corrected chi connectivity index (χ0v) is 9.89. The van der Waals surface area contributed by atoms with Gasteiger partial charge in [0.25, 0.3) is 0 Å². The zero-order valence-electron chi connectivity index (χ0n) is 9.89. The number of nitrogen functional groups attached to an aromatic ring is 1. The minimum atomic E-state index is 0.286. The van der Waals surface area contributed by atoms with Gasteiger partial charge in [-0.25, -0.2) is 0 Å². The Morgan fingerprint density at radius 1 is 1.44 bits per heavy atom. The number of aromatic nitrogens is 1. The van der Waals surface area contributed by atoms with E-state index < -0.39 is 0 Å². The van der Waals surface area contributed by atoms with Crippen LogP contribution in [0.25, 0.3) is 0 Å². The van der Waals surface area contributed by atoms with Gasteiger partial charge in [0.05, 0.1) is 23.6 Å². The van der Waals surface area contributed by atoms with Gasteiger partial charge >= 0.3 is 0 Å². The van der Waals surface area contributed by atoms with E-state index >= 15 is 0 Å². The normalized spacial score (nSPS) is 26.9. The van der Waals surface area contributed by atoms with Gasteiger partial charge in [0.15, 0.2) is 0 Å².